The molecule has 30 heavy (non-hydrogen) atoms. The molecule has 0 unspecified atom stereocenters. The number of aromatic nitrogens is 3. The minimum absolute atomic E-state index is 0.0849. The first-order valence-electron chi connectivity index (χ1n) is 10.5. The Morgan fingerprint density at radius 2 is 1.77 bits per heavy atom. The second-order valence-electron chi connectivity index (χ2n) is 8.19. The Morgan fingerprint density at radius 1 is 1.13 bits per heavy atom. The molecule has 0 spiro atoms. The van der Waals surface area contributed by atoms with Gasteiger partial charge in [-0.05, 0) is 37.5 Å². The number of amides is 3. The maximum absolute atomic E-state index is 12.8. The fourth-order valence-electron chi connectivity index (χ4n) is 4.52. The molecule has 1 aromatic heterocycles. The molecule has 2 aliphatic rings. The second-order valence-corrected chi connectivity index (χ2v) is 8.19. The molecule has 1 saturated carbocycles. The first-order valence-corrected chi connectivity index (χ1v) is 10.5. The van der Waals surface area contributed by atoms with Gasteiger partial charge >= 0.3 is 0 Å². The molecule has 1 aliphatic carbocycles. The highest BCUT2D eigenvalue weighted by molar-refractivity contribution is 6.05. The van der Waals surface area contributed by atoms with Crippen molar-refractivity contribution in [2.45, 2.75) is 45.1 Å². The lowest BCUT2D eigenvalue weighted by Crippen LogP contribution is -2.36. The van der Waals surface area contributed by atoms with Crippen molar-refractivity contribution in [2.24, 2.45) is 11.8 Å². The summed E-state index contributed by atoms with van der Waals surface area (Å²) >= 11 is 0. The summed E-state index contributed by atoms with van der Waals surface area (Å²) in [6, 6.07) is 7.66. The molecular formula is C22H27N5O3. The van der Waals surface area contributed by atoms with E-state index in [2.05, 4.69) is 10.1 Å². The van der Waals surface area contributed by atoms with Crippen LogP contribution in [-0.4, -0.2) is 55.9 Å². The van der Waals surface area contributed by atoms with Crippen molar-refractivity contribution in [3.8, 4) is 5.69 Å². The van der Waals surface area contributed by atoms with E-state index in [0.29, 0.717) is 0 Å². The number of carbonyl (C=O) groups is 3. The van der Waals surface area contributed by atoms with E-state index in [9.17, 15) is 14.4 Å². The summed E-state index contributed by atoms with van der Waals surface area (Å²) in [5, 5.41) is 4.11. The van der Waals surface area contributed by atoms with Crippen molar-refractivity contribution >= 4 is 17.7 Å². The van der Waals surface area contributed by atoms with Gasteiger partial charge in [-0.2, -0.15) is 5.10 Å². The van der Waals surface area contributed by atoms with E-state index in [1.807, 2.05) is 31.2 Å². The quantitative estimate of drug-likeness (QED) is 0.684. The SMILES string of the molecule is C[C@H](c1ccc(-n2cncn2)cc1)N(C)C(=O)CCN1C(=O)[C@H]2CCCC[C@@H]2C1=O. The van der Waals surface area contributed by atoms with Crippen LogP contribution in [0, 0.1) is 11.8 Å². The Kier molecular flexibility index (Phi) is 5.65. The molecule has 0 N–H and O–H groups in total. The minimum atomic E-state index is -0.165. The molecule has 4 rings (SSSR count). The van der Waals surface area contributed by atoms with Gasteiger partial charge in [0.2, 0.25) is 17.7 Å². The van der Waals surface area contributed by atoms with Gasteiger partial charge in [-0.25, -0.2) is 9.67 Å². The summed E-state index contributed by atoms with van der Waals surface area (Å²) in [6.07, 6.45) is 6.85. The van der Waals surface area contributed by atoms with Crippen LogP contribution in [0.15, 0.2) is 36.9 Å². The average Bonchev–Trinajstić information content (AvgIpc) is 3.40. The predicted molar refractivity (Wildman–Crippen MR) is 109 cm³/mol. The van der Waals surface area contributed by atoms with Crippen LogP contribution in [0.2, 0.25) is 0 Å². The summed E-state index contributed by atoms with van der Waals surface area (Å²) in [6.45, 7) is 2.13. The molecule has 3 atom stereocenters. The van der Waals surface area contributed by atoms with Crippen molar-refractivity contribution in [2.75, 3.05) is 13.6 Å². The van der Waals surface area contributed by atoms with E-state index in [0.717, 1.165) is 36.9 Å². The number of carbonyl (C=O) groups excluding carboxylic acids is 3. The van der Waals surface area contributed by atoms with Gasteiger partial charge in [0.15, 0.2) is 0 Å². The molecule has 8 nitrogen and oxygen atoms in total. The van der Waals surface area contributed by atoms with Crippen molar-refractivity contribution in [1.29, 1.82) is 0 Å². The number of hydrogen-bond acceptors (Lipinski definition) is 5. The maximum atomic E-state index is 12.8. The van der Waals surface area contributed by atoms with Crippen LogP contribution >= 0.6 is 0 Å². The van der Waals surface area contributed by atoms with Gasteiger partial charge in [-0.15, -0.1) is 0 Å². The van der Waals surface area contributed by atoms with E-state index >= 15 is 0 Å². The molecule has 3 amide bonds. The highest BCUT2D eigenvalue weighted by atomic mass is 16.2. The van der Waals surface area contributed by atoms with Crippen molar-refractivity contribution in [1.82, 2.24) is 24.6 Å². The van der Waals surface area contributed by atoms with E-state index in [1.54, 1.807) is 23.0 Å². The van der Waals surface area contributed by atoms with Gasteiger partial charge in [-0.1, -0.05) is 25.0 Å². The Balaban J connectivity index is 1.35. The number of imide groups is 1. The molecule has 2 fully saturated rings. The number of hydrogen-bond donors (Lipinski definition) is 0. The van der Waals surface area contributed by atoms with Gasteiger partial charge in [0.05, 0.1) is 23.6 Å². The van der Waals surface area contributed by atoms with Gasteiger partial charge in [0, 0.05) is 20.0 Å². The second kappa shape index (κ2) is 8.38. The van der Waals surface area contributed by atoms with Crippen molar-refractivity contribution in [3.63, 3.8) is 0 Å². The number of likely N-dealkylation sites (tertiary alicyclic amines) is 1. The smallest absolute Gasteiger partial charge is 0.233 e. The molecule has 0 radical (unpaired) electrons. The normalized spacial score (nSPS) is 22.1. The van der Waals surface area contributed by atoms with E-state index in [-0.39, 0.29) is 48.6 Å². The monoisotopic (exact) mass is 409 g/mol. The first kappa shape index (κ1) is 20.3. The number of nitrogens with zero attached hydrogens (tertiary/aromatic N) is 5. The zero-order chi connectivity index (χ0) is 21.3. The van der Waals surface area contributed by atoms with E-state index in [4.69, 9.17) is 0 Å². The zero-order valence-corrected chi connectivity index (χ0v) is 17.4. The molecule has 1 saturated heterocycles. The van der Waals surface area contributed by atoms with Crippen molar-refractivity contribution < 1.29 is 14.4 Å². The first-order chi connectivity index (χ1) is 14.5. The Labute approximate surface area is 175 Å². The predicted octanol–water partition coefficient (Wildman–Crippen LogP) is 2.35. The molecular weight excluding hydrogens is 382 g/mol. The summed E-state index contributed by atoms with van der Waals surface area (Å²) in [7, 11) is 1.76. The van der Waals surface area contributed by atoms with Gasteiger partial charge < -0.3 is 4.90 Å². The molecule has 2 heterocycles. The molecule has 8 heteroatoms. The minimum Gasteiger partial charge on any atom is -0.339 e. The Hall–Kier alpha value is -3.03. The zero-order valence-electron chi connectivity index (χ0n) is 17.4. The molecule has 0 bridgehead atoms. The fourth-order valence-corrected chi connectivity index (χ4v) is 4.52. The van der Waals surface area contributed by atoms with Crippen LogP contribution in [-0.2, 0) is 14.4 Å². The summed E-state index contributed by atoms with van der Waals surface area (Å²) in [5.74, 6) is -0.588. The third-order valence-corrected chi connectivity index (χ3v) is 6.51. The number of rotatable bonds is 6. The third-order valence-electron chi connectivity index (χ3n) is 6.51. The van der Waals surface area contributed by atoms with Crippen LogP contribution in [0.5, 0.6) is 0 Å². The largest absolute Gasteiger partial charge is 0.339 e. The van der Waals surface area contributed by atoms with E-state index in [1.165, 1.54) is 11.2 Å². The van der Waals surface area contributed by atoms with Gasteiger partial charge in [-0.3, -0.25) is 19.3 Å². The summed E-state index contributed by atoms with van der Waals surface area (Å²) in [5.41, 5.74) is 1.89. The van der Waals surface area contributed by atoms with Crippen LogP contribution in [0.3, 0.4) is 0 Å². The van der Waals surface area contributed by atoms with Crippen LogP contribution < -0.4 is 0 Å². The van der Waals surface area contributed by atoms with Crippen LogP contribution in [0.4, 0.5) is 0 Å². The van der Waals surface area contributed by atoms with Gasteiger partial charge in [0.25, 0.3) is 0 Å². The number of benzene rings is 1. The van der Waals surface area contributed by atoms with E-state index < -0.39 is 0 Å². The lowest BCUT2D eigenvalue weighted by molar-refractivity contribution is -0.141. The summed E-state index contributed by atoms with van der Waals surface area (Å²) < 4.78 is 1.67. The number of fused-ring (bicyclic) bond motifs is 1. The highest BCUT2D eigenvalue weighted by Crippen LogP contribution is 2.38. The molecule has 2 aromatic rings. The third kappa shape index (κ3) is 3.74. The maximum Gasteiger partial charge on any atom is 0.233 e. The lowest BCUT2D eigenvalue weighted by Gasteiger charge is -2.26. The Morgan fingerprint density at radius 3 is 2.33 bits per heavy atom. The van der Waals surface area contributed by atoms with Crippen LogP contribution in [0.25, 0.3) is 5.69 Å². The molecule has 1 aliphatic heterocycles. The Bertz CT molecular complexity index is 901. The fraction of sp³-hybridized carbons (Fsp3) is 0.500. The average molecular weight is 409 g/mol. The molecule has 1 aromatic carbocycles. The molecule has 158 valence electrons. The standard InChI is InChI=1S/C22H27N5O3/c1-15(16-7-9-17(10-8-16)27-14-23-13-24-27)25(2)20(28)11-12-26-21(29)18-5-3-4-6-19(18)22(26)30/h7-10,13-15,18-19H,3-6,11-12H2,1-2H3/t15-,18+,19+/m1/s1. The summed E-state index contributed by atoms with van der Waals surface area (Å²) in [4.78, 5) is 44.9. The van der Waals surface area contributed by atoms with Crippen molar-refractivity contribution in [3.05, 3.63) is 42.5 Å². The topological polar surface area (TPSA) is 88.4 Å². The van der Waals surface area contributed by atoms with Gasteiger partial charge in [0.1, 0.15) is 12.7 Å². The highest BCUT2D eigenvalue weighted by Gasteiger charge is 2.47. The lowest BCUT2D eigenvalue weighted by atomic mass is 9.81. The van der Waals surface area contributed by atoms with Crippen LogP contribution in [0.1, 0.15) is 50.6 Å².